The normalized spacial score (nSPS) is 17.1. The molecule has 1 aromatic heterocycles. The number of likely N-dealkylation sites (tertiary alicyclic amines) is 1. The van der Waals surface area contributed by atoms with Crippen molar-refractivity contribution in [2.75, 3.05) is 34.4 Å². The molecule has 1 fully saturated rings. The molecule has 3 rings (SSSR count). The van der Waals surface area contributed by atoms with Crippen LogP contribution in [0.5, 0.6) is 11.5 Å². The van der Waals surface area contributed by atoms with Gasteiger partial charge in [0.1, 0.15) is 15.7 Å². The molecule has 7 nitrogen and oxygen atoms in total. The number of carbonyl (C=O) groups is 1. The number of amides is 1. The Balaban J connectivity index is 1.78. The van der Waals surface area contributed by atoms with Crippen molar-refractivity contribution < 1.29 is 22.7 Å². The van der Waals surface area contributed by atoms with Crippen molar-refractivity contribution in [3.05, 3.63) is 41.3 Å². The summed E-state index contributed by atoms with van der Waals surface area (Å²) in [5, 5.41) is 1.70. The molecule has 2 aromatic rings. The molecular formula is C19H24N2O5S2. The average Bonchev–Trinajstić information content (AvgIpc) is 3.39. The smallest absolute Gasteiger partial charge is 0.252 e. The Morgan fingerprint density at radius 2 is 2.07 bits per heavy atom. The zero-order valence-corrected chi connectivity index (χ0v) is 17.8. The first-order valence-electron chi connectivity index (χ1n) is 8.89. The first-order valence-corrected chi connectivity index (χ1v) is 11.2. The van der Waals surface area contributed by atoms with Crippen molar-refractivity contribution in [3.63, 3.8) is 0 Å². The van der Waals surface area contributed by atoms with Crippen LogP contribution in [0.4, 0.5) is 0 Å². The maximum atomic E-state index is 12.9. The lowest BCUT2D eigenvalue weighted by Gasteiger charge is -2.28. The molecule has 1 aliphatic rings. The number of benzene rings is 1. The van der Waals surface area contributed by atoms with Crippen LogP contribution in [0.3, 0.4) is 0 Å². The number of likely N-dealkylation sites (N-methyl/N-ethyl adjacent to an activating group) is 1. The SMILES string of the molecule is COc1ccc(C2CCCN2C(=O)CN(C)S(=O)(=O)c2cccs2)c(OC)c1. The fourth-order valence-corrected chi connectivity index (χ4v) is 5.73. The molecule has 0 saturated carbocycles. The molecule has 1 saturated heterocycles. The van der Waals surface area contributed by atoms with Crippen molar-refractivity contribution in [2.24, 2.45) is 0 Å². The molecule has 0 aliphatic carbocycles. The second-order valence-corrected chi connectivity index (χ2v) is 9.77. The lowest BCUT2D eigenvalue weighted by molar-refractivity contribution is -0.132. The summed E-state index contributed by atoms with van der Waals surface area (Å²) in [6.45, 7) is 0.390. The molecule has 152 valence electrons. The van der Waals surface area contributed by atoms with Gasteiger partial charge in [-0.05, 0) is 36.4 Å². The summed E-state index contributed by atoms with van der Waals surface area (Å²) in [6.07, 6.45) is 1.66. The van der Waals surface area contributed by atoms with E-state index in [1.807, 2.05) is 12.1 Å². The van der Waals surface area contributed by atoms with E-state index in [1.165, 1.54) is 7.05 Å². The molecule has 0 N–H and O–H groups in total. The third-order valence-electron chi connectivity index (χ3n) is 4.89. The Kier molecular flexibility index (Phi) is 6.26. The lowest BCUT2D eigenvalue weighted by atomic mass is 10.0. The second-order valence-electron chi connectivity index (χ2n) is 6.55. The average molecular weight is 425 g/mol. The van der Waals surface area contributed by atoms with Gasteiger partial charge in [-0.3, -0.25) is 4.79 Å². The largest absolute Gasteiger partial charge is 0.497 e. The number of ether oxygens (including phenoxy) is 2. The highest BCUT2D eigenvalue weighted by atomic mass is 32.2. The Hall–Kier alpha value is -2.10. The van der Waals surface area contributed by atoms with Gasteiger partial charge in [0.25, 0.3) is 10.0 Å². The summed E-state index contributed by atoms with van der Waals surface area (Å²) in [4.78, 5) is 14.7. The highest BCUT2D eigenvalue weighted by molar-refractivity contribution is 7.91. The van der Waals surface area contributed by atoms with Gasteiger partial charge in [0, 0.05) is 25.2 Å². The second kappa shape index (κ2) is 8.50. The highest BCUT2D eigenvalue weighted by Gasteiger charge is 2.34. The molecular weight excluding hydrogens is 400 g/mol. The number of nitrogens with zero attached hydrogens (tertiary/aromatic N) is 2. The van der Waals surface area contributed by atoms with Gasteiger partial charge in [0.2, 0.25) is 5.91 Å². The van der Waals surface area contributed by atoms with E-state index >= 15 is 0 Å². The van der Waals surface area contributed by atoms with Crippen LogP contribution in [-0.2, 0) is 14.8 Å². The minimum atomic E-state index is -3.66. The fraction of sp³-hybridized carbons (Fsp3) is 0.421. The zero-order valence-electron chi connectivity index (χ0n) is 16.1. The van der Waals surface area contributed by atoms with Crippen molar-refractivity contribution in [3.8, 4) is 11.5 Å². The van der Waals surface area contributed by atoms with E-state index in [9.17, 15) is 13.2 Å². The number of carbonyl (C=O) groups excluding carboxylic acids is 1. The number of hydrogen-bond donors (Lipinski definition) is 0. The first kappa shape index (κ1) is 20.6. The number of hydrogen-bond acceptors (Lipinski definition) is 6. The van der Waals surface area contributed by atoms with Crippen LogP contribution < -0.4 is 9.47 Å². The molecule has 0 bridgehead atoms. The third-order valence-corrected chi connectivity index (χ3v) is 8.07. The molecule has 1 atom stereocenters. The summed E-state index contributed by atoms with van der Waals surface area (Å²) in [5.74, 6) is 1.12. The predicted molar refractivity (Wildman–Crippen MR) is 107 cm³/mol. The van der Waals surface area contributed by atoms with Crippen molar-refractivity contribution in [2.45, 2.75) is 23.1 Å². The van der Waals surface area contributed by atoms with E-state index in [0.717, 1.165) is 34.0 Å². The minimum Gasteiger partial charge on any atom is -0.497 e. The van der Waals surface area contributed by atoms with Crippen molar-refractivity contribution >= 4 is 27.3 Å². The molecule has 0 spiro atoms. The summed E-state index contributed by atoms with van der Waals surface area (Å²) in [5.41, 5.74) is 0.901. The van der Waals surface area contributed by atoms with Gasteiger partial charge in [-0.15, -0.1) is 11.3 Å². The first-order chi connectivity index (χ1) is 13.4. The molecule has 0 radical (unpaired) electrons. The van der Waals surface area contributed by atoms with Gasteiger partial charge in [-0.25, -0.2) is 8.42 Å². The van der Waals surface area contributed by atoms with Crippen molar-refractivity contribution in [1.29, 1.82) is 0 Å². The molecule has 28 heavy (non-hydrogen) atoms. The number of rotatable bonds is 7. The van der Waals surface area contributed by atoms with Crippen LogP contribution in [0.2, 0.25) is 0 Å². The van der Waals surface area contributed by atoms with Crippen LogP contribution in [-0.4, -0.2) is 57.9 Å². The summed E-state index contributed by atoms with van der Waals surface area (Å²) >= 11 is 1.14. The van der Waals surface area contributed by atoms with Crippen LogP contribution in [0.25, 0.3) is 0 Å². The van der Waals surface area contributed by atoms with Gasteiger partial charge in [-0.2, -0.15) is 4.31 Å². The third kappa shape index (κ3) is 4.01. The summed E-state index contributed by atoms with van der Waals surface area (Å²) in [7, 11) is 0.947. The number of sulfonamides is 1. The lowest BCUT2D eigenvalue weighted by Crippen LogP contribution is -2.40. The maximum Gasteiger partial charge on any atom is 0.252 e. The molecule has 1 aromatic carbocycles. The predicted octanol–water partition coefficient (Wildman–Crippen LogP) is 2.75. The van der Waals surface area contributed by atoms with Gasteiger partial charge in [0.05, 0.1) is 26.8 Å². The van der Waals surface area contributed by atoms with E-state index in [1.54, 1.807) is 42.7 Å². The summed E-state index contributed by atoms with van der Waals surface area (Å²) in [6, 6.07) is 8.61. The Bertz CT molecular complexity index is 928. The Labute approximate surface area is 169 Å². The fourth-order valence-electron chi connectivity index (χ4n) is 3.41. The molecule has 2 heterocycles. The van der Waals surface area contributed by atoms with Gasteiger partial charge in [-0.1, -0.05) is 6.07 Å². The van der Waals surface area contributed by atoms with E-state index in [4.69, 9.17) is 9.47 Å². The van der Waals surface area contributed by atoms with Crippen molar-refractivity contribution in [1.82, 2.24) is 9.21 Å². The van der Waals surface area contributed by atoms with Gasteiger partial charge < -0.3 is 14.4 Å². The minimum absolute atomic E-state index is 0.147. The van der Waals surface area contributed by atoms with Gasteiger partial charge >= 0.3 is 0 Å². The van der Waals surface area contributed by atoms with E-state index in [2.05, 4.69) is 0 Å². The van der Waals surface area contributed by atoms with Crippen LogP contribution in [0.15, 0.2) is 39.9 Å². The van der Waals surface area contributed by atoms with Crippen LogP contribution >= 0.6 is 11.3 Å². The maximum absolute atomic E-state index is 12.9. The van der Waals surface area contributed by atoms with E-state index in [0.29, 0.717) is 18.0 Å². The highest BCUT2D eigenvalue weighted by Crippen LogP contribution is 2.38. The zero-order chi connectivity index (χ0) is 20.3. The molecule has 1 aliphatic heterocycles. The van der Waals surface area contributed by atoms with Crippen LogP contribution in [0, 0.1) is 0 Å². The Morgan fingerprint density at radius 3 is 2.71 bits per heavy atom. The molecule has 9 heteroatoms. The van der Waals surface area contributed by atoms with E-state index in [-0.39, 0.29) is 22.7 Å². The van der Waals surface area contributed by atoms with E-state index < -0.39 is 10.0 Å². The standard InChI is InChI=1S/C19H24N2O5S2/c1-20(28(23,24)19-7-5-11-27-19)13-18(22)21-10-4-6-16(21)15-9-8-14(25-2)12-17(15)26-3/h5,7-9,11-12,16H,4,6,10,13H2,1-3H3. The monoisotopic (exact) mass is 424 g/mol. The topological polar surface area (TPSA) is 76.2 Å². The molecule has 1 amide bonds. The number of methoxy groups -OCH3 is 2. The van der Waals surface area contributed by atoms with Crippen LogP contribution in [0.1, 0.15) is 24.4 Å². The summed E-state index contributed by atoms with van der Waals surface area (Å²) < 4.78 is 37.3. The van der Waals surface area contributed by atoms with Gasteiger partial charge in [0.15, 0.2) is 0 Å². The molecule has 1 unspecified atom stereocenters. The Morgan fingerprint density at radius 1 is 1.29 bits per heavy atom. The number of thiophene rings is 1. The quantitative estimate of drug-likeness (QED) is 0.683.